The number of thiazole rings is 1. The molecule has 0 saturated heterocycles. The molecular formula is C15H16N2O4S. The Bertz CT molecular complexity index is 683. The molecule has 7 heteroatoms. The number of rotatable bonds is 5. The Balaban J connectivity index is 2.51. The second-order valence-electron chi connectivity index (χ2n) is 4.22. The Hall–Kier alpha value is -2.41. The van der Waals surface area contributed by atoms with Gasteiger partial charge < -0.3 is 15.2 Å². The molecule has 2 N–H and O–H groups in total. The molecule has 0 fully saturated rings. The summed E-state index contributed by atoms with van der Waals surface area (Å²) < 4.78 is 10.7. The van der Waals surface area contributed by atoms with E-state index in [1.165, 1.54) is 11.3 Å². The molecule has 6 nitrogen and oxygen atoms in total. The van der Waals surface area contributed by atoms with E-state index in [-0.39, 0.29) is 24.5 Å². The minimum absolute atomic E-state index is 0.0295. The van der Waals surface area contributed by atoms with Gasteiger partial charge in [0.05, 0.1) is 29.1 Å². The van der Waals surface area contributed by atoms with Crippen LogP contribution >= 0.6 is 11.3 Å². The second kappa shape index (κ2) is 7.04. The van der Waals surface area contributed by atoms with Crippen molar-refractivity contribution in [3.8, 4) is 0 Å². The number of aromatic nitrogens is 1. The maximum absolute atomic E-state index is 12.0. The lowest BCUT2D eigenvalue weighted by atomic mass is 10.2. The van der Waals surface area contributed by atoms with Crippen LogP contribution in [0, 0.1) is 0 Å². The third-order valence-corrected chi connectivity index (χ3v) is 3.82. The van der Waals surface area contributed by atoms with Crippen LogP contribution in [0.4, 0.5) is 0 Å². The van der Waals surface area contributed by atoms with Gasteiger partial charge >= 0.3 is 11.9 Å². The molecule has 1 heterocycles. The summed E-state index contributed by atoms with van der Waals surface area (Å²) in [6.07, 6.45) is 0. The summed E-state index contributed by atoms with van der Waals surface area (Å²) in [6.45, 7) is 3.56. The third kappa shape index (κ3) is 3.25. The van der Waals surface area contributed by atoms with Gasteiger partial charge in [0, 0.05) is 0 Å². The van der Waals surface area contributed by atoms with Crippen molar-refractivity contribution in [1.29, 1.82) is 0 Å². The average molecular weight is 320 g/mol. The van der Waals surface area contributed by atoms with Gasteiger partial charge in [-0.1, -0.05) is 12.1 Å². The monoisotopic (exact) mass is 320 g/mol. The number of benzene rings is 1. The molecule has 2 aromatic rings. The zero-order valence-electron chi connectivity index (χ0n) is 12.3. The highest BCUT2D eigenvalue weighted by Gasteiger charge is 2.27. The van der Waals surface area contributed by atoms with Crippen molar-refractivity contribution < 1.29 is 19.1 Å². The summed E-state index contributed by atoms with van der Waals surface area (Å²) in [7, 11) is 0. The first-order chi connectivity index (χ1) is 10.6. The summed E-state index contributed by atoms with van der Waals surface area (Å²) in [5.41, 5.74) is 6.39. The van der Waals surface area contributed by atoms with Gasteiger partial charge in [-0.2, -0.15) is 0 Å². The number of nitrogens with zero attached hydrogens (tertiary/aromatic N) is 1. The molecule has 0 spiro atoms. The lowest BCUT2D eigenvalue weighted by Gasteiger charge is -2.08. The fraction of sp³-hybridized carbons (Fsp3) is 0.267. The molecule has 0 aliphatic heterocycles. The van der Waals surface area contributed by atoms with Crippen molar-refractivity contribution in [1.82, 2.24) is 4.98 Å². The van der Waals surface area contributed by atoms with E-state index in [2.05, 4.69) is 4.98 Å². The first-order valence-corrected chi connectivity index (χ1v) is 7.60. The van der Waals surface area contributed by atoms with Gasteiger partial charge in [-0.3, -0.25) is 0 Å². The van der Waals surface area contributed by atoms with E-state index in [1.807, 2.05) is 24.3 Å². The van der Waals surface area contributed by atoms with Crippen molar-refractivity contribution >= 4 is 39.2 Å². The molecule has 2 rings (SSSR count). The van der Waals surface area contributed by atoms with E-state index in [0.717, 1.165) is 10.2 Å². The molecule has 0 bridgehead atoms. The number of ether oxygens (including phenoxy) is 2. The van der Waals surface area contributed by atoms with Gasteiger partial charge in [-0.15, -0.1) is 11.3 Å². The van der Waals surface area contributed by atoms with Crippen molar-refractivity contribution in [2.75, 3.05) is 13.2 Å². The predicted octanol–water partition coefficient (Wildman–Crippen LogP) is 2.09. The molecule has 0 saturated carbocycles. The van der Waals surface area contributed by atoms with Gasteiger partial charge in [-0.25, -0.2) is 14.6 Å². The highest BCUT2D eigenvalue weighted by atomic mass is 32.1. The number of para-hydroxylation sites is 1. The number of nitrogens with two attached hydrogens (primary N) is 1. The maximum Gasteiger partial charge on any atom is 0.347 e. The van der Waals surface area contributed by atoms with Crippen molar-refractivity contribution in [2.24, 2.45) is 5.73 Å². The molecule has 116 valence electrons. The molecule has 0 atom stereocenters. The first kappa shape index (κ1) is 16.0. The van der Waals surface area contributed by atoms with Crippen LogP contribution in [0.5, 0.6) is 0 Å². The number of esters is 2. The van der Waals surface area contributed by atoms with Crippen molar-refractivity contribution in [3.63, 3.8) is 0 Å². The highest BCUT2D eigenvalue weighted by Crippen LogP contribution is 2.27. The predicted molar refractivity (Wildman–Crippen MR) is 84.0 cm³/mol. The quantitative estimate of drug-likeness (QED) is 0.392. The van der Waals surface area contributed by atoms with Gasteiger partial charge in [0.15, 0.2) is 5.57 Å². The third-order valence-electron chi connectivity index (χ3n) is 2.75. The summed E-state index contributed by atoms with van der Waals surface area (Å²) in [5.74, 6) is -1.62. The maximum atomic E-state index is 12.0. The topological polar surface area (TPSA) is 91.5 Å². The zero-order valence-corrected chi connectivity index (χ0v) is 13.1. The first-order valence-electron chi connectivity index (χ1n) is 6.78. The van der Waals surface area contributed by atoms with Crippen LogP contribution < -0.4 is 5.73 Å². The molecule has 0 aliphatic rings. The smallest absolute Gasteiger partial charge is 0.347 e. The number of carbonyl (C=O) groups excluding carboxylic acids is 2. The molecular weight excluding hydrogens is 304 g/mol. The van der Waals surface area contributed by atoms with Gasteiger partial charge in [0.1, 0.15) is 5.01 Å². The summed E-state index contributed by atoms with van der Waals surface area (Å²) in [5, 5.41) is 0.386. The summed E-state index contributed by atoms with van der Waals surface area (Å²) >= 11 is 1.30. The largest absolute Gasteiger partial charge is 0.462 e. The van der Waals surface area contributed by atoms with Crippen LogP contribution in [0.1, 0.15) is 18.9 Å². The van der Waals surface area contributed by atoms with Crippen LogP contribution in [0.25, 0.3) is 15.9 Å². The van der Waals surface area contributed by atoms with Crippen molar-refractivity contribution in [3.05, 3.63) is 34.8 Å². The lowest BCUT2D eigenvalue weighted by molar-refractivity contribution is -0.146. The Morgan fingerprint density at radius 3 is 2.27 bits per heavy atom. The molecule has 0 radical (unpaired) electrons. The molecule has 0 unspecified atom stereocenters. The van der Waals surface area contributed by atoms with Gasteiger partial charge in [0.2, 0.25) is 0 Å². The lowest BCUT2D eigenvalue weighted by Crippen LogP contribution is -2.22. The van der Waals surface area contributed by atoms with Gasteiger partial charge in [-0.05, 0) is 26.0 Å². The SMILES string of the molecule is CCOC(=O)C(C(=O)OCC)=C(N)c1nc2ccccc2s1. The minimum Gasteiger partial charge on any atom is -0.462 e. The summed E-state index contributed by atoms with van der Waals surface area (Å²) in [6, 6.07) is 7.44. The average Bonchev–Trinajstić information content (AvgIpc) is 2.92. The molecule has 0 aliphatic carbocycles. The Kier molecular flexibility index (Phi) is 5.11. The standard InChI is InChI=1S/C15H16N2O4S/c1-3-20-14(18)11(15(19)21-4-2)12(16)13-17-9-7-5-6-8-10(9)22-13/h5-8H,3-4,16H2,1-2H3. The van der Waals surface area contributed by atoms with Crippen molar-refractivity contribution in [2.45, 2.75) is 13.8 Å². The Morgan fingerprint density at radius 2 is 1.73 bits per heavy atom. The van der Waals surface area contributed by atoms with E-state index < -0.39 is 11.9 Å². The molecule has 1 aromatic heterocycles. The Labute approximate surface area is 131 Å². The van der Waals surface area contributed by atoms with Crippen LogP contribution in [-0.4, -0.2) is 30.1 Å². The number of hydrogen-bond donors (Lipinski definition) is 1. The fourth-order valence-electron chi connectivity index (χ4n) is 1.80. The minimum atomic E-state index is -0.808. The zero-order chi connectivity index (χ0) is 16.1. The number of fused-ring (bicyclic) bond motifs is 1. The Morgan fingerprint density at radius 1 is 1.14 bits per heavy atom. The fourth-order valence-corrected chi connectivity index (χ4v) is 2.73. The van der Waals surface area contributed by atoms with Crippen LogP contribution in [0.3, 0.4) is 0 Å². The summed E-state index contributed by atoms with van der Waals surface area (Å²) in [4.78, 5) is 28.3. The molecule has 0 amide bonds. The van der Waals surface area contributed by atoms with Crippen LogP contribution in [-0.2, 0) is 19.1 Å². The number of carbonyl (C=O) groups is 2. The van der Waals surface area contributed by atoms with E-state index in [4.69, 9.17) is 15.2 Å². The van der Waals surface area contributed by atoms with Gasteiger partial charge in [0.25, 0.3) is 0 Å². The van der Waals surface area contributed by atoms with E-state index in [9.17, 15) is 9.59 Å². The molecule has 22 heavy (non-hydrogen) atoms. The normalized spacial score (nSPS) is 10.3. The van der Waals surface area contributed by atoms with Crippen LogP contribution in [0.2, 0.25) is 0 Å². The second-order valence-corrected chi connectivity index (χ2v) is 5.25. The number of hydrogen-bond acceptors (Lipinski definition) is 7. The highest BCUT2D eigenvalue weighted by molar-refractivity contribution is 7.19. The van der Waals surface area contributed by atoms with Crippen LogP contribution in [0.15, 0.2) is 29.8 Å². The van der Waals surface area contributed by atoms with E-state index in [1.54, 1.807) is 13.8 Å². The van der Waals surface area contributed by atoms with E-state index in [0.29, 0.717) is 5.01 Å². The molecule has 1 aromatic carbocycles. The van der Waals surface area contributed by atoms with E-state index >= 15 is 0 Å².